The number of thiophene rings is 1. The molecule has 1 heterocycles. The summed E-state index contributed by atoms with van der Waals surface area (Å²) in [5, 5.41) is 6.61. The van der Waals surface area contributed by atoms with Crippen LogP contribution in [0.2, 0.25) is 0 Å². The Morgan fingerprint density at radius 2 is 2.05 bits per heavy atom. The molecule has 2 rings (SSSR count). The average Bonchev–Trinajstić information content (AvgIpc) is 2.96. The highest BCUT2D eigenvalue weighted by atomic mass is 32.2. The molecule has 7 heteroatoms. The van der Waals surface area contributed by atoms with E-state index in [4.69, 9.17) is 0 Å². The summed E-state index contributed by atoms with van der Waals surface area (Å²) >= 11 is 1.56. The second kappa shape index (κ2) is 7.24. The van der Waals surface area contributed by atoms with Gasteiger partial charge in [0.15, 0.2) is 0 Å². The van der Waals surface area contributed by atoms with Gasteiger partial charge in [-0.15, -0.1) is 0 Å². The number of carbonyl (C=O) groups excluding carboxylic acids is 1. The number of anilines is 1. The number of nitrogens with one attached hydrogen (secondary N) is 2. The zero-order valence-electron chi connectivity index (χ0n) is 11.9. The van der Waals surface area contributed by atoms with Gasteiger partial charge >= 0.3 is 0 Å². The summed E-state index contributed by atoms with van der Waals surface area (Å²) in [5.74, 6) is -0.236. The molecule has 0 aliphatic rings. The molecule has 5 nitrogen and oxygen atoms in total. The Balaban J connectivity index is 1.98. The van der Waals surface area contributed by atoms with E-state index in [2.05, 4.69) is 10.0 Å². The Kier molecular flexibility index (Phi) is 5.35. The molecule has 2 N–H and O–H groups in total. The quantitative estimate of drug-likeness (QED) is 0.796. The predicted molar refractivity (Wildman–Crippen MR) is 90.1 cm³/mol. The maximum absolute atomic E-state index is 11.8. The summed E-state index contributed by atoms with van der Waals surface area (Å²) in [4.78, 5) is 11.8. The number of hydrogen-bond acceptors (Lipinski definition) is 4. The number of para-hydroxylation sites is 1. The van der Waals surface area contributed by atoms with Crippen LogP contribution in [0, 0.1) is 0 Å². The molecule has 0 saturated carbocycles. The van der Waals surface area contributed by atoms with Crippen LogP contribution in [0.3, 0.4) is 0 Å². The van der Waals surface area contributed by atoms with Crippen molar-refractivity contribution in [3.8, 4) is 0 Å². The highest BCUT2D eigenvalue weighted by Gasteiger charge is 2.07. The molecule has 0 unspecified atom stereocenters. The van der Waals surface area contributed by atoms with E-state index in [0.717, 1.165) is 11.8 Å². The molecule has 0 spiro atoms. The summed E-state index contributed by atoms with van der Waals surface area (Å²) in [6.45, 7) is 0.242. The average molecular weight is 336 g/mol. The fraction of sp³-hybridized carbons (Fsp3) is 0.133. The van der Waals surface area contributed by atoms with Crippen LogP contribution >= 0.6 is 11.3 Å². The first-order chi connectivity index (χ1) is 10.4. The van der Waals surface area contributed by atoms with Gasteiger partial charge in [-0.05, 0) is 40.1 Å². The summed E-state index contributed by atoms with van der Waals surface area (Å²) in [7, 11) is -3.35. The van der Waals surface area contributed by atoms with Gasteiger partial charge in [-0.25, -0.2) is 8.42 Å². The van der Waals surface area contributed by atoms with Crippen molar-refractivity contribution in [2.45, 2.75) is 6.54 Å². The zero-order chi connectivity index (χ0) is 16.0. The Bertz CT molecular complexity index is 766. The Hall–Kier alpha value is -2.12. The standard InChI is InChI=1S/C15H16N2O3S2/c1-22(19,20)17-14-5-3-2-4-13(14)10-16-15(18)7-6-12-8-9-21-11-12/h2-9,11,17H,10H2,1H3,(H,16,18)/b7-6+. The topological polar surface area (TPSA) is 75.3 Å². The first kappa shape index (κ1) is 16.3. The van der Waals surface area contributed by atoms with Crippen molar-refractivity contribution < 1.29 is 13.2 Å². The molecule has 2 aromatic rings. The molecule has 0 atom stereocenters. The summed E-state index contributed by atoms with van der Waals surface area (Å²) in [6.07, 6.45) is 4.27. The highest BCUT2D eigenvalue weighted by Crippen LogP contribution is 2.16. The molecule has 0 aliphatic heterocycles. The third-order valence-corrected chi connectivity index (χ3v) is 4.03. The number of amides is 1. The van der Waals surface area contributed by atoms with E-state index < -0.39 is 10.0 Å². The molecule has 0 aliphatic carbocycles. The minimum absolute atomic E-state index is 0.236. The van der Waals surface area contributed by atoms with Crippen molar-refractivity contribution in [1.29, 1.82) is 0 Å². The smallest absolute Gasteiger partial charge is 0.244 e. The van der Waals surface area contributed by atoms with Crippen molar-refractivity contribution >= 4 is 39.0 Å². The van der Waals surface area contributed by atoms with Crippen LogP contribution in [0.25, 0.3) is 6.08 Å². The zero-order valence-corrected chi connectivity index (χ0v) is 13.6. The van der Waals surface area contributed by atoms with Crippen LogP contribution in [0.15, 0.2) is 47.2 Å². The molecule has 22 heavy (non-hydrogen) atoms. The van der Waals surface area contributed by atoms with Gasteiger partial charge in [0, 0.05) is 12.6 Å². The van der Waals surface area contributed by atoms with Gasteiger partial charge in [0.05, 0.1) is 11.9 Å². The summed E-state index contributed by atoms with van der Waals surface area (Å²) in [5.41, 5.74) is 2.14. The fourth-order valence-electron chi connectivity index (χ4n) is 1.76. The number of hydrogen-bond donors (Lipinski definition) is 2. The fourth-order valence-corrected chi connectivity index (χ4v) is 2.98. The van der Waals surface area contributed by atoms with Gasteiger partial charge in [0.25, 0.3) is 0 Å². The lowest BCUT2D eigenvalue weighted by Crippen LogP contribution is -2.21. The van der Waals surface area contributed by atoms with E-state index in [1.807, 2.05) is 16.8 Å². The van der Waals surface area contributed by atoms with Crippen molar-refractivity contribution in [1.82, 2.24) is 5.32 Å². The molecule has 0 fully saturated rings. The van der Waals surface area contributed by atoms with Gasteiger partial charge in [0.2, 0.25) is 15.9 Å². The molecular formula is C15H16N2O3S2. The molecule has 0 radical (unpaired) electrons. The monoisotopic (exact) mass is 336 g/mol. The van der Waals surface area contributed by atoms with Gasteiger partial charge in [-0.3, -0.25) is 9.52 Å². The number of carbonyl (C=O) groups is 1. The Morgan fingerprint density at radius 1 is 1.27 bits per heavy atom. The van der Waals surface area contributed by atoms with E-state index in [9.17, 15) is 13.2 Å². The molecular weight excluding hydrogens is 320 g/mol. The molecule has 1 aromatic carbocycles. The Morgan fingerprint density at radius 3 is 2.73 bits per heavy atom. The van der Waals surface area contributed by atoms with Crippen LogP contribution in [0.1, 0.15) is 11.1 Å². The largest absolute Gasteiger partial charge is 0.348 e. The molecule has 1 amide bonds. The van der Waals surface area contributed by atoms with Crippen molar-refractivity contribution in [3.05, 3.63) is 58.3 Å². The van der Waals surface area contributed by atoms with Gasteiger partial charge in [-0.2, -0.15) is 11.3 Å². The third-order valence-electron chi connectivity index (χ3n) is 2.74. The highest BCUT2D eigenvalue weighted by molar-refractivity contribution is 7.92. The minimum atomic E-state index is -3.35. The van der Waals surface area contributed by atoms with Crippen LogP contribution in [0.5, 0.6) is 0 Å². The van der Waals surface area contributed by atoms with E-state index in [1.54, 1.807) is 41.7 Å². The summed E-state index contributed by atoms with van der Waals surface area (Å²) < 4.78 is 25.1. The lowest BCUT2D eigenvalue weighted by molar-refractivity contribution is -0.116. The second-order valence-electron chi connectivity index (χ2n) is 4.64. The molecule has 0 bridgehead atoms. The second-order valence-corrected chi connectivity index (χ2v) is 7.17. The van der Waals surface area contributed by atoms with E-state index in [0.29, 0.717) is 11.3 Å². The lowest BCUT2D eigenvalue weighted by Gasteiger charge is -2.10. The van der Waals surface area contributed by atoms with E-state index in [1.165, 1.54) is 6.08 Å². The first-order valence-corrected chi connectivity index (χ1v) is 9.31. The van der Waals surface area contributed by atoms with Gasteiger partial charge in [-0.1, -0.05) is 18.2 Å². The van der Waals surface area contributed by atoms with E-state index in [-0.39, 0.29) is 12.5 Å². The summed E-state index contributed by atoms with van der Waals surface area (Å²) in [6, 6.07) is 8.85. The number of sulfonamides is 1. The van der Waals surface area contributed by atoms with Crippen LogP contribution in [-0.4, -0.2) is 20.6 Å². The lowest BCUT2D eigenvalue weighted by atomic mass is 10.2. The predicted octanol–water partition coefficient (Wildman–Crippen LogP) is 2.45. The maximum atomic E-state index is 11.8. The Labute approximate surface area is 133 Å². The van der Waals surface area contributed by atoms with Crippen molar-refractivity contribution in [3.63, 3.8) is 0 Å². The van der Waals surface area contributed by atoms with Gasteiger partial charge < -0.3 is 5.32 Å². The van der Waals surface area contributed by atoms with Crippen molar-refractivity contribution in [2.24, 2.45) is 0 Å². The molecule has 0 saturated heterocycles. The normalized spacial score (nSPS) is 11.5. The molecule has 1 aromatic heterocycles. The van der Waals surface area contributed by atoms with Gasteiger partial charge in [0.1, 0.15) is 0 Å². The van der Waals surface area contributed by atoms with Crippen LogP contribution in [-0.2, 0) is 21.4 Å². The minimum Gasteiger partial charge on any atom is -0.348 e. The van der Waals surface area contributed by atoms with Crippen molar-refractivity contribution in [2.75, 3.05) is 11.0 Å². The third kappa shape index (κ3) is 5.34. The van der Waals surface area contributed by atoms with E-state index >= 15 is 0 Å². The number of benzene rings is 1. The molecule has 116 valence electrons. The maximum Gasteiger partial charge on any atom is 0.244 e. The SMILES string of the molecule is CS(=O)(=O)Nc1ccccc1CNC(=O)/C=C/c1ccsc1. The first-order valence-electron chi connectivity index (χ1n) is 6.48. The number of rotatable bonds is 6. The van der Waals surface area contributed by atoms with Crippen LogP contribution in [0.4, 0.5) is 5.69 Å². The van der Waals surface area contributed by atoms with Crippen LogP contribution < -0.4 is 10.0 Å².